The van der Waals surface area contributed by atoms with Crippen LogP contribution in [0.25, 0.3) is 11.1 Å². The minimum atomic E-state index is -1.00. The quantitative estimate of drug-likeness (QED) is 0.0945. The lowest BCUT2D eigenvalue weighted by Gasteiger charge is -2.29. The Hall–Kier alpha value is -5.22. The number of aliphatic hydroxyl groups is 1. The Kier molecular flexibility index (Phi) is 14.1. The van der Waals surface area contributed by atoms with Crippen LogP contribution in [0.1, 0.15) is 62.1 Å². The number of aliphatic hydroxyl groups excluding tert-OH is 1. The van der Waals surface area contributed by atoms with Crippen LogP contribution >= 0.6 is 0 Å². The van der Waals surface area contributed by atoms with Gasteiger partial charge in [0.2, 0.25) is 11.8 Å². The van der Waals surface area contributed by atoms with E-state index in [1.165, 1.54) is 0 Å². The number of fused-ring (bicyclic) bond motifs is 3. The highest BCUT2D eigenvalue weighted by Gasteiger charge is 2.32. The van der Waals surface area contributed by atoms with Gasteiger partial charge in [-0.15, -0.1) is 13.2 Å². The molecule has 0 radical (unpaired) electrons. The zero-order valence-electron chi connectivity index (χ0n) is 29.4. The van der Waals surface area contributed by atoms with E-state index in [4.69, 9.17) is 9.47 Å². The lowest BCUT2D eigenvalue weighted by molar-refractivity contribution is -0.149. The van der Waals surface area contributed by atoms with E-state index in [-0.39, 0.29) is 50.9 Å². The molecule has 0 bridgehead atoms. The first kappa shape index (κ1) is 38.6. The van der Waals surface area contributed by atoms with Crippen molar-refractivity contribution in [3.05, 3.63) is 121 Å². The number of rotatable bonds is 19. The van der Waals surface area contributed by atoms with Crippen LogP contribution < -0.4 is 16.0 Å². The van der Waals surface area contributed by atoms with Crippen LogP contribution in [0.15, 0.2) is 104 Å². The number of esters is 1. The summed E-state index contributed by atoms with van der Waals surface area (Å²) in [6.07, 6.45) is 3.73. The van der Waals surface area contributed by atoms with E-state index in [2.05, 4.69) is 41.2 Å². The molecule has 0 saturated heterocycles. The zero-order valence-corrected chi connectivity index (χ0v) is 29.4. The third-order valence-electron chi connectivity index (χ3n) is 8.78. The van der Waals surface area contributed by atoms with Gasteiger partial charge >= 0.3 is 12.1 Å². The molecular weight excluding hydrogens is 646 g/mol. The largest absolute Gasteiger partial charge is 0.462 e. The zero-order chi connectivity index (χ0) is 36.8. The van der Waals surface area contributed by atoms with Gasteiger partial charge in [-0.05, 0) is 67.3 Å². The summed E-state index contributed by atoms with van der Waals surface area (Å²) in [5, 5.41) is 18.2. The second-order valence-corrected chi connectivity index (χ2v) is 13.4. The van der Waals surface area contributed by atoms with Crippen molar-refractivity contribution in [2.75, 3.05) is 19.8 Å². The second-order valence-electron chi connectivity index (χ2n) is 13.4. The molecule has 4 N–H and O–H groups in total. The van der Waals surface area contributed by atoms with Gasteiger partial charge in [0.1, 0.15) is 19.3 Å². The molecule has 0 saturated carbocycles. The number of ether oxygens (including phenoxy) is 2. The number of carbonyl (C=O) groups excluding carboxylic acids is 4. The summed E-state index contributed by atoms with van der Waals surface area (Å²) in [5.41, 5.74) is 4.33. The van der Waals surface area contributed by atoms with E-state index >= 15 is 0 Å². The average Bonchev–Trinajstić information content (AvgIpc) is 3.44. The Morgan fingerprint density at radius 1 is 0.863 bits per heavy atom. The summed E-state index contributed by atoms with van der Waals surface area (Å²) in [7, 11) is 0. The van der Waals surface area contributed by atoms with Crippen molar-refractivity contribution in [3.8, 4) is 11.1 Å². The Balaban J connectivity index is 1.29. The number of carbonyl (C=O) groups is 4. The molecule has 4 rings (SSSR count). The molecule has 0 aliphatic heterocycles. The summed E-state index contributed by atoms with van der Waals surface area (Å²) in [4.78, 5) is 52.4. The first-order chi connectivity index (χ1) is 24.5. The van der Waals surface area contributed by atoms with Crippen LogP contribution in [0.3, 0.4) is 0 Å². The molecular formula is C41H49N3O7. The third kappa shape index (κ3) is 11.1. The summed E-state index contributed by atoms with van der Waals surface area (Å²) in [6.45, 7) is 10.5. The number of allylic oxidation sites excluding steroid dienone is 2. The maximum absolute atomic E-state index is 13.3. The van der Waals surface area contributed by atoms with E-state index in [9.17, 15) is 24.3 Å². The van der Waals surface area contributed by atoms with Crippen molar-refractivity contribution in [1.82, 2.24) is 16.0 Å². The molecule has 3 amide bonds. The van der Waals surface area contributed by atoms with Gasteiger partial charge in [-0.1, -0.05) is 91.0 Å². The molecule has 51 heavy (non-hydrogen) atoms. The normalized spacial score (nSPS) is 13.8. The summed E-state index contributed by atoms with van der Waals surface area (Å²) in [6, 6.07) is 24.0. The van der Waals surface area contributed by atoms with Crippen LogP contribution in [0.5, 0.6) is 0 Å². The van der Waals surface area contributed by atoms with Gasteiger partial charge in [-0.25, -0.2) is 9.59 Å². The van der Waals surface area contributed by atoms with Gasteiger partial charge in [-0.2, -0.15) is 0 Å². The molecule has 270 valence electrons. The highest BCUT2D eigenvalue weighted by Crippen LogP contribution is 2.44. The fourth-order valence-electron chi connectivity index (χ4n) is 6.19. The number of benzene rings is 3. The van der Waals surface area contributed by atoms with E-state index in [0.29, 0.717) is 12.8 Å². The van der Waals surface area contributed by atoms with Crippen LogP contribution in [0, 0.1) is 5.92 Å². The van der Waals surface area contributed by atoms with Gasteiger partial charge in [0.15, 0.2) is 0 Å². The summed E-state index contributed by atoms with van der Waals surface area (Å²) >= 11 is 0. The molecule has 0 aromatic heterocycles. The van der Waals surface area contributed by atoms with Crippen molar-refractivity contribution < 1.29 is 33.8 Å². The van der Waals surface area contributed by atoms with Crippen LogP contribution in [0.2, 0.25) is 0 Å². The molecule has 0 spiro atoms. The number of alkyl carbamates (subject to hydrolysis) is 1. The van der Waals surface area contributed by atoms with E-state index in [0.717, 1.165) is 27.8 Å². The number of hydrogen-bond acceptors (Lipinski definition) is 7. The molecule has 0 fully saturated rings. The Labute approximate surface area is 300 Å². The number of hydrogen-bond donors (Lipinski definition) is 4. The van der Waals surface area contributed by atoms with E-state index < -0.39 is 41.5 Å². The minimum Gasteiger partial charge on any atom is -0.462 e. The van der Waals surface area contributed by atoms with Crippen LogP contribution in [-0.2, 0) is 30.3 Å². The number of amides is 3. The van der Waals surface area contributed by atoms with Crippen LogP contribution in [0.4, 0.5) is 4.79 Å². The van der Waals surface area contributed by atoms with E-state index in [1.54, 1.807) is 26.0 Å². The maximum Gasteiger partial charge on any atom is 0.407 e. The molecule has 0 heterocycles. The standard InChI is InChI=1S/C41H49N3O7/c1-5-7-22-36(43-40(49)50-26-35-33-20-13-11-18-31(33)32-19-12-14-21-34(32)35)39(48)51-27-41(3,4)44-38(47)29(15-6-2)24-37(46)42-30(25-45)23-28-16-9-8-10-17-28/h5-6,8-14,16-21,29-30,35-36,45H,1-2,7,15,22-27H2,3-4H3,(H,42,46)(H,43,49)(H,44,47)/t29-,30-,36+/m1/s1. The van der Waals surface area contributed by atoms with Gasteiger partial charge in [0.05, 0.1) is 24.1 Å². The lowest BCUT2D eigenvalue weighted by atomic mass is 9.97. The van der Waals surface area contributed by atoms with Crippen molar-refractivity contribution in [2.24, 2.45) is 5.92 Å². The molecule has 3 aromatic rings. The van der Waals surface area contributed by atoms with E-state index in [1.807, 2.05) is 66.7 Å². The van der Waals surface area contributed by atoms with Crippen molar-refractivity contribution in [1.29, 1.82) is 0 Å². The smallest absolute Gasteiger partial charge is 0.407 e. The highest BCUT2D eigenvalue weighted by molar-refractivity contribution is 5.86. The molecule has 10 heteroatoms. The summed E-state index contributed by atoms with van der Waals surface area (Å²) in [5.74, 6) is -2.32. The first-order valence-electron chi connectivity index (χ1n) is 17.3. The lowest BCUT2D eigenvalue weighted by Crippen LogP contribution is -2.51. The maximum atomic E-state index is 13.3. The summed E-state index contributed by atoms with van der Waals surface area (Å²) < 4.78 is 11.2. The van der Waals surface area contributed by atoms with Crippen molar-refractivity contribution in [2.45, 2.75) is 69.5 Å². The minimum absolute atomic E-state index is 0.0970. The SMILES string of the molecule is C=CCC[C@H](NC(=O)OCC1c2ccccc2-c2ccccc21)C(=O)OCC(C)(C)NC(=O)[C@H](CC=C)CC(=O)N[C@@H](CO)Cc1ccccc1. The van der Waals surface area contributed by atoms with Crippen molar-refractivity contribution in [3.63, 3.8) is 0 Å². The van der Waals surface area contributed by atoms with Gasteiger partial charge in [0.25, 0.3) is 0 Å². The van der Waals surface area contributed by atoms with Crippen molar-refractivity contribution >= 4 is 23.9 Å². The molecule has 1 aliphatic carbocycles. The Morgan fingerprint density at radius 3 is 2.10 bits per heavy atom. The topological polar surface area (TPSA) is 143 Å². The third-order valence-corrected chi connectivity index (χ3v) is 8.78. The average molecular weight is 696 g/mol. The number of nitrogens with one attached hydrogen (secondary N) is 3. The highest BCUT2D eigenvalue weighted by atomic mass is 16.6. The molecule has 1 aliphatic rings. The van der Waals surface area contributed by atoms with Gasteiger partial charge in [-0.3, -0.25) is 9.59 Å². The van der Waals surface area contributed by atoms with Gasteiger partial charge < -0.3 is 30.5 Å². The predicted molar refractivity (Wildman–Crippen MR) is 197 cm³/mol. The van der Waals surface area contributed by atoms with Crippen LogP contribution in [-0.4, -0.2) is 66.4 Å². The Bertz CT molecular complexity index is 1630. The molecule has 0 unspecified atom stereocenters. The fraction of sp³-hybridized carbons (Fsp3) is 0.366. The van der Waals surface area contributed by atoms with Gasteiger partial charge in [0, 0.05) is 12.3 Å². The predicted octanol–water partition coefficient (Wildman–Crippen LogP) is 5.60. The molecule has 3 aromatic carbocycles. The monoisotopic (exact) mass is 695 g/mol. The molecule has 10 nitrogen and oxygen atoms in total. The second kappa shape index (κ2) is 18.7. The molecule has 3 atom stereocenters. The Morgan fingerprint density at radius 2 is 1.49 bits per heavy atom. The first-order valence-corrected chi connectivity index (χ1v) is 17.3. The fourth-order valence-corrected chi connectivity index (χ4v) is 6.19.